The molecule has 2 rings (SSSR count). The Morgan fingerprint density at radius 3 is 2.74 bits per heavy atom. The summed E-state index contributed by atoms with van der Waals surface area (Å²) in [5.41, 5.74) is 3.57. The standard InChI is InChI=1S/C17H22N4O2/c1-12-5-6-13(2)14(9-12)21-16-11-19-15(10-20-16)17(22)18-7-4-8-23-3/h5-6,9-11H,4,7-8H2,1-3H3,(H,18,22)(H,20,21). The van der Waals surface area contributed by atoms with Gasteiger partial charge in [0, 0.05) is 25.9 Å². The van der Waals surface area contributed by atoms with E-state index in [2.05, 4.69) is 26.7 Å². The van der Waals surface area contributed by atoms with Crippen LogP contribution in [0.1, 0.15) is 28.0 Å². The Kier molecular flexibility index (Phi) is 6.05. The molecule has 0 aliphatic heterocycles. The minimum Gasteiger partial charge on any atom is -0.385 e. The lowest BCUT2D eigenvalue weighted by Crippen LogP contribution is -2.26. The zero-order valence-electron chi connectivity index (χ0n) is 13.7. The summed E-state index contributed by atoms with van der Waals surface area (Å²) in [5.74, 6) is 0.376. The number of nitrogens with one attached hydrogen (secondary N) is 2. The highest BCUT2D eigenvalue weighted by atomic mass is 16.5. The van der Waals surface area contributed by atoms with E-state index < -0.39 is 0 Å². The van der Waals surface area contributed by atoms with Gasteiger partial charge in [0.05, 0.1) is 12.4 Å². The lowest BCUT2D eigenvalue weighted by atomic mass is 10.1. The van der Waals surface area contributed by atoms with Crippen molar-refractivity contribution in [3.8, 4) is 0 Å². The zero-order valence-corrected chi connectivity index (χ0v) is 13.7. The largest absolute Gasteiger partial charge is 0.385 e. The average molecular weight is 314 g/mol. The highest BCUT2D eigenvalue weighted by Crippen LogP contribution is 2.20. The van der Waals surface area contributed by atoms with Crippen molar-refractivity contribution in [2.24, 2.45) is 0 Å². The molecule has 0 saturated carbocycles. The van der Waals surface area contributed by atoms with Crippen molar-refractivity contribution in [1.29, 1.82) is 0 Å². The summed E-state index contributed by atoms with van der Waals surface area (Å²) >= 11 is 0. The van der Waals surface area contributed by atoms with Crippen LogP contribution < -0.4 is 10.6 Å². The lowest BCUT2D eigenvalue weighted by molar-refractivity contribution is 0.0943. The fraction of sp³-hybridized carbons (Fsp3) is 0.353. The molecule has 0 bridgehead atoms. The number of methoxy groups -OCH3 is 1. The number of amides is 1. The van der Waals surface area contributed by atoms with Crippen molar-refractivity contribution in [2.75, 3.05) is 25.6 Å². The highest BCUT2D eigenvalue weighted by molar-refractivity contribution is 5.92. The topological polar surface area (TPSA) is 76.1 Å². The average Bonchev–Trinajstić information content (AvgIpc) is 2.55. The first-order valence-corrected chi connectivity index (χ1v) is 7.53. The lowest BCUT2D eigenvalue weighted by Gasteiger charge is -2.10. The number of nitrogens with zero attached hydrogens (tertiary/aromatic N) is 2. The maximum atomic E-state index is 11.9. The van der Waals surface area contributed by atoms with Crippen LogP contribution in [0.5, 0.6) is 0 Å². The number of hydrogen-bond donors (Lipinski definition) is 2. The van der Waals surface area contributed by atoms with E-state index in [4.69, 9.17) is 4.74 Å². The van der Waals surface area contributed by atoms with Gasteiger partial charge < -0.3 is 15.4 Å². The molecule has 0 aliphatic carbocycles. The molecular weight excluding hydrogens is 292 g/mol. The molecule has 6 nitrogen and oxygen atoms in total. The second kappa shape index (κ2) is 8.24. The molecule has 1 amide bonds. The van der Waals surface area contributed by atoms with Gasteiger partial charge in [-0.1, -0.05) is 12.1 Å². The summed E-state index contributed by atoms with van der Waals surface area (Å²) in [4.78, 5) is 20.3. The Bertz CT molecular complexity index is 656. The van der Waals surface area contributed by atoms with Crippen LogP contribution in [-0.2, 0) is 4.74 Å². The Hall–Kier alpha value is -2.47. The zero-order chi connectivity index (χ0) is 16.7. The Labute approximate surface area is 136 Å². The van der Waals surface area contributed by atoms with Crippen molar-refractivity contribution in [3.63, 3.8) is 0 Å². The molecule has 6 heteroatoms. The number of aromatic nitrogens is 2. The molecule has 0 fully saturated rings. The third kappa shape index (κ3) is 5.03. The van der Waals surface area contributed by atoms with E-state index in [0.29, 0.717) is 24.7 Å². The number of anilines is 2. The quantitative estimate of drug-likeness (QED) is 0.768. The molecule has 2 aromatic rings. The molecule has 0 unspecified atom stereocenters. The van der Waals surface area contributed by atoms with Crippen LogP contribution in [0.15, 0.2) is 30.6 Å². The third-order valence-electron chi connectivity index (χ3n) is 3.35. The van der Waals surface area contributed by atoms with Crippen LogP contribution in [0.2, 0.25) is 0 Å². The Morgan fingerprint density at radius 2 is 2.04 bits per heavy atom. The monoisotopic (exact) mass is 314 g/mol. The van der Waals surface area contributed by atoms with E-state index in [-0.39, 0.29) is 5.91 Å². The maximum absolute atomic E-state index is 11.9. The van der Waals surface area contributed by atoms with Gasteiger partial charge in [-0.25, -0.2) is 9.97 Å². The Balaban J connectivity index is 1.96. The second-order valence-corrected chi connectivity index (χ2v) is 5.33. The SMILES string of the molecule is COCCCNC(=O)c1cnc(Nc2cc(C)ccc2C)cn1. The van der Waals surface area contributed by atoms with Crippen LogP contribution in [-0.4, -0.2) is 36.1 Å². The van der Waals surface area contributed by atoms with Gasteiger partial charge in [0.15, 0.2) is 0 Å². The predicted molar refractivity (Wildman–Crippen MR) is 90.1 cm³/mol. The van der Waals surface area contributed by atoms with Crippen molar-refractivity contribution >= 4 is 17.4 Å². The molecule has 0 radical (unpaired) electrons. The van der Waals surface area contributed by atoms with Crippen molar-refractivity contribution < 1.29 is 9.53 Å². The first-order chi connectivity index (χ1) is 11.1. The maximum Gasteiger partial charge on any atom is 0.271 e. The fourth-order valence-corrected chi connectivity index (χ4v) is 2.03. The molecule has 122 valence electrons. The summed E-state index contributed by atoms with van der Waals surface area (Å²) in [6.45, 7) is 5.23. The van der Waals surface area contributed by atoms with Gasteiger partial charge in [0.1, 0.15) is 11.5 Å². The first kappa shape index (κ1) is 16.9. The van der Waals surface area contributed by atoms with Crippen LogP contribution in [0, 0.1) is 13.8 Å². The van der Waals surface area contributed by atoms with Crippen LogP contribution in [0.4, 0.5) is 11.5 Å². The predicted octanol–water partition coefficient (Wildman–Crippen LogP) is 2.60. The van der Waals surface area contributed by atoms with Crippen molar-refractivity contribution in [3.05, 3.63) is 47.4 Å². The van der Waals surface area contributed by atoms with Gasteiger partial charge in [0.2, 0.25) is 0 Å². The Morgan fingerprint density at radius 1 is 1.22 bits per heavy atom. The number of carbonyl (C=O) groups is 1. The van der Waals surface area contributed by atoms with E-state index in [1.807, 2.05) is 26.0 Å². The molecule has 1 aromatic heterocycles. The normalized spacial score (nSPS) is 10.4. The molecule has 0 spiro atoms. The third-order valence-corrected chi connectivity index (χ3v) is 3.35. The van der Waals surface area contributed by atoms with Crippen LogP contribution in [0.25, 0.3) is 0 Å². The molecule has 23 heavy (non-hydrogen) atoms. The smallest absolute Gasteiger partial charge is 0.271 e. The molecule has 2 N–H and O–H groups in total. The number of benzene rings is 1. The van der Waals surface area contributed by atoms with E-state index in [0.717, 1.165) is 23.2 Å². The van der Waals surface area contributed by atoms with E-state index in [1.54, 1.807) is 13.3 Å². The molecule has 0 aliphatic rings. The van der Waals surface area contributed by atoms with Gasteiger partial charge >= 0.3 is 0 Å². The fourth-order valence-electron chi connectivity index (χ4n) is 2.03. The number of carbonyl (C=O) groups excluding carboxylic acids is 1. The summed E-state index contributed by atoms with van der Waals surface area (Å²) in [5, 5.41) is 5.99. The van der Waals surface area contributed by atoms with Gasteiger partial charge in [-0.05, 0) is 37.5 Å². The van der Waals surface area contributed by atoms with E-state index in [9.17, 15) is 4.79 Å². The van der Waals surface area contributed by atoms with Crippen molar-refractivity contribution in [2.45, 2.75) is 20.3 Å². The summed E-state index contributed by atoms with van der Waals surface area (Å²) < 4.78 is 4.93. The minimum atomic E-state index is -0.230. The van der Waals surface area contributed by atoms with E-state index >= 15 is 0 Å². The number of hydrogen-bond acceptors (Lipinski definition) is 5. The van der Waals surface area contributed by atoms with Gasteiger partial charge in [-0.3, -0.25) is 4.79 Å². The van der Waals surface area contributed by atoms with Gasteiger partial charge in [-0.2, -0.15) is 0 Å². The summed E-state index contributed by atoms with van der Waals surface area (Å²) in [7, 11) is 1.63. The first-order valence-electron chi connectivity index (χ1n) is 7.53. The number of rotatable bonds is 7. The number of ether oxygens (including phenoxy) is 1. The van der Waals surface area contributed by atoms with Gasteiger partial charge in [-0.15, -0.1) is 0 Å². The van der Waals surface area contributed by atoms with Gasteiger partial charge in [0.25, 0.3) is 5.91 Å². The van der Waals surface area contributed by atoms with Crippen LogP contribution in [0.3, 0.4) is 0 Å². The molecule has 1 heterocycles. The number of aryl methyl sites for hydroxylation is 2. The van der Waals surface area contributed by atoms with E-state index in [1.165, 1.54) is 6.20 Å². The second-order valence-electron chi connectivity index (χ2n) is 5.33. The molecule has 0 saturated heterocycles. The summed E-state index contributed by atoms with van der Waals surface area (Å²) in [6.07, 6.45) is 3.80. The molecule has 0 atom stereocenters. The highest BCUT2D eigenvalue weighted by Gasteiger charge is 2.08. The molecular formula is C17H22N4O2. The minimum absolute atomic E-state index is 0.230. The summed E-state index contributed by atoms with van der Waals surface area (Å²) in [6, 6.07) is 6.16. The molecule has 1 aromatic carbocycles. The van der Waals surface area contributed by atoms with Crippen molar-refractivity contribution in [1.82, 2.24) is 15.3 Å². The van der Waals surface area contributed by atoms with Crippen LogP contribution >= 0.6 is 0 Å².